The highest BCUT2D eigenvalue weighted by Crippen LogP contribution is 2.28. The monoisotopic (exact) mass is 255 g/mol. The Balaban J connectivity index is 2.04. The molecule has 0 fully saturated rings. The van der Waals surface area contributed by atoms with Crippen LogP contribution in [0.25, 0.3) is 16.5 Å². The van der Waals surface area contributed by atoms with Crippen LogP contribution in [0, 0.1) is 0 Å². The number of benzene rings is 1. The molecule has 98 valence electrons. The normalized spacial score (nSPS) is 15.5. The van der Waals surface area contributed by atoms with Crippen LogP contribution in [0.2, 0.25) is 0 Å². The first-order chi connectivity index (χ1) is 9.24. The zero-order chi connectivity index (χ0) is 13.2. The van der Waals surface area contributed by atoms with E-state index in [1.165, 1.54) is 16.5 Å². The fraction of sp³-hybridized carbons (Fsp3) is 0.267. The van der Waals surface area contributed by atoms with Crippen molar-refractivity contribution in [1.82, 2.24) is 10.3 Å². The minimum atomic E-state index is -0.294. The number of carbonyl (C=O) groups excluding carboxylic acids is 1. The van der Waals surface area contributed by atoms with Crippen molar-refractivity contribution in [2.45, 2.75) is 12.8 Å². The van der Waals surface area contributed by atoms with Crippen LogP contribution < -0.4 is 11.1 Å². The van der Waals surface area contributed by atoms with Gasteiger partial charge in [-0.25, -0.2) is 0 Å². The van der Waals surface area contributed by atoms with Gasteiger partial charge in [-0.2, -0.15) is 0 Å². The molecule has 0 unspecified atom stereocenters. The molecule has 2 aromatic rings. The van der Waals surface area contributed by atoms with Crippen LogP contribution in [0.3, 0.4) is 0 Å². The lowest BCUT2D eigenvalue weighted by molar-refractivity contribution is -0.117. The van der Waals surface area contributed by atoms with Gasteiger partial charge >= 0.3 is 0 Å². The number of hydrogen-bond acceptors (Lipinski definition) is 2. The van der Waals surface area contributed by atoms with Crippen molar-refractivity contribution < 1.29 is 4.79 Å². The van der Waals surface area contributed by atoms with E-state index < -0.39 is 0 Å². The van der Waals surface area contributed by atoms with Gasteiger partial charge < -0.3 is 16.0 Å². The number of fused-ring (bicyclic) bond motifs is 1. The number of rotatable bonds is 3. The molecule has 0 saturated heterocycles. The summed E-state index contributed by atoms with van der Waals surface area (Å²) < 4.78 is 0. The molecule has 1 aliphatic heterocycles. The van der Waals surface area contributed by atoms with Gasteiger partial charge in [0, 0.05) is 29.2 Å². The number of carbonyl (C=O) groups is 1. The molecule has 1 aromatic carbocycles. The zero-order valence-corrected chi connectivity index (χ0v) is 10.7. The van der Waals surface area contributed by atoms with Gasteiger partial charge in [-0.1, -0.05) is 12.1 Å². The second-order valence-corrected chi connectivity index (χ2v) is 4.91. The van der Waals surface area contributed by atoms with Crippen molar-refractivity contribution in [2.75, 3.05) is 13.1 Å². The average Bonchev–Trinajstić information content (AvgIpc) is 2.82. The van der Waals surface area contributed by atoms with Gasteiger partial charge in [-0.3, -0.25) is 4.79 Å². The minimum absolute atomic E-state index is 0.293. The van der Waals surface area contributed by atoms with Crippen LogP contribution in [-0.4, -0.2) is 24.0 Å². The molecular formula is C15H17N3O. The third-order valence-electron chi connectivity index (χ3n) is 3.53. The van der Waals surface area contributed by atoms with E-state index in [1.54, 1.807) is 0 Å². The Labute approximate surface area is 111 Å². The summed E-state index contributed by atoms with van der Waals surface area (Å²) in [4.78, 5) is 14.3. The molecule has 0 saturated carbocycles. The van der Waals surface area contributed by atoms with Crippen molar-refractivity contribution in [3.8, 4) is 0 Å². The average molecular weight is 255 g/mol. The van der Waals surface area contributed by atoms with Gasteiger partial charge in [0.15, 0.2) is 0 Å². The van der Waals surface area contributed by atoms with Gasteiger partial charge in [0.2, 0.25) is 5.91 Å². The summed E-state index contributed by atoms with van der Waals surface area (Å²) in [6.07, 6.45) is 5.61. The largest absolute Gasteiger partial charge is 0.369 e. The smallest absolute Gasteiger partial charge is 0.221 e. The number of amides is 1. The van der Waals surface area contributed by atoms with Crippen LogP contribution in [0.4, 0.5) is 0 Å². The fourth-order valence-electron chi connectivity index (χ4n) is 2.61. The van der Waals surface area contributed by atoms with Crippen molar-refractivity contribution in [2.24, 2.45) is 5.73 Å². The van der Waals surface area contributed by atoms with Gasteiger partial charge in [-0.15, -0.1) is 0 Å². The maximum Gasteiger partial charge on any atom is 0.221 e. The Kier molecular flexibility index (Phi) is 3.09. The summed E-state index contributed by atoms with van der Waals surface area (Å²) in [6, 6.07) is 6.03. The first kappa shape index (κ1) is 12.0. The molecule has 4 N–H and O–H groups in total. The first-order valence-electron chi connectivity index (χ1n) is 6.52. The quantitative estimate of drug-likeness (QED) is 0.779. The summed E-state index contributed by atoms with van der Waals surface area (Å²) >= 11 is 0. The maximum absolute atomic E-state index is 11.0. The summed E-state index contributed by atoms with van der Waals surface area (Å²) in [6.45, 7) is 1.93. The van der Waals surface area contributed by atoms with Crippen molar-refractivity contribution >= 4 is 22.4 Å². The van der Waals surface area contributed by atoms with Crippen molar-refractivity contribution in [3.63, 3.8) is 0 Å². The Morgan fingerprint density at radius 3 is 3.00 bits per heavy atom. The molecular weight excluding hydrogens is 238 g/mol. The zero-order valence-electron chi connectivity index (χ0n) is 10.7. The van der Waals surface area contributed by atoms with E-state index in [4.69, 9.17) is 5.73 Å². The van der Waals surface area contributed by atoms with E-state index in [0.717, 1.165) is 30.6 Å². The van der Waals surface area contributed by atoms with Crippen LogP contribution in [0.5, 0.6) is 0 Å². The highest BCUT2D eigenvalue weighted by molar-refractivity contribution is 5.93. The molecule has 0 radical (unpaired) electrons. The number of nitrogens with two attached hydrogens (primary N) is 1. The number of H-pyrrole nitrogens is 1. The summed E-state index contributed by atoms with van der Waals surface area (Å²) in [5.74, 6) is -0.294. The molecule has 0 aliphatic carbocycles. The molecule has 1 amide bonds. The lowest BCUT2D eigenvalue weighted by atomic mass is 9.98. The van der Waals surface area contributed by atoms with Gasteiger partial charge in [0.25, 0.3) is 0 Å². The molecule has 1 aliphatic rings. The molecule has 19 heavy (non-hydrogen) atoms. The van der Waals surface area contributed by atoms with Crippen LogP contribution in [0.1, 0.15) is 17.5 Å². The van der Waals surface area contributed by atoms with Crippen molar-refractivity contribution in [1.29, 1.82) is 0 Å². The van der Waals surface area contributed by atoms with Crippen LogP contribution >= 0.6 is 0 Å². The van der Waals surface area contributed by atoms with Gasteiger partial charge in [0.05, 0.1) is 6.42 Å². The molecule has 0 atom stereocenters. The number of aromatic amines is 1. The summed E-state index contributed by atoms with van der Waals surface area (Å²) in [5, 5.41) is 4.49. The van der Waals surface area contributed by atoms with E-state index in [-0.39, 0.29) is 5.91 Å². The highest BCUT2D eigenvalue weighted by atomic mass is 16.1. The van der Waals surface area contributed by atoms with Gasteiger partial charge in [-0.05, 0) is 36.2 Å². The minimum Gasteiger partial charge on any atom is -0.369 e. The maximum atomic E-state index is 11.0. The van der Waals surface area contributed by atoms with E-state index >= 15 is 0 Å². The van der Waals surface area contributed by atoms with Crippen LogP contribution in [-0.2, 0) is 11.2 Å². The molecule has 4 heteroatoms. The number of hydrogen-bond donors (Lipinski definition) is 3. The lowest BCUT2D eigenvalue weighted by Gasteiger charge is -2.13. The fourth-order valence-corrected chi connectivity index (χ4v) is 2.61. The number of primary amides is 1. The Morgan fingerprint density at radius 1 is 1.37 bits per heavy atom. The molecule has 1 aromatic heterocycles. The molecule has 0 spiro atoms. The second kappa shape index (κ2) is 4.90. The predicted octanol–water partition coefficient (Wildman–Crippen LogP) is 1.57. The summed E-state index contributed by atoms with van der Waals surface area (Å²) in [7, 11) is 0. The molecule has 3 rings (SSSR count). The first-order valence-corrected chi connectivity index (χ1v) is 6.52. The third-order valence-corrected chi connectivity index (χ3v) is 3.53. The van der Waals surface area contributed by atoms with E-state index in [9.17, 15) is 4.79 Å². The topological polar surface area (TPSA) is 70.9 Å². The number of aromatic nitrogens is 1. The summed E-state index contributed by atoms with van der Waals surface area (Å²) in [5.41, 5.74) is 9.93. The number of nitrogens with one attached hydrogen (secondary N) is 2. The molecule has 0 bridgehead atoms. The Morgan fingerprint density at radius 2 is 2.26 bits per heavy atom. The lowest BCUT2D eigenvalue weighted by Crippen LogP contribution is -2.19. The van der Waals surface area contributed by atoms with Crippen LogP contribution in [0.15, 0.2) is 30.5 Å². The second-order valence-electron chi connectivity index (χ2n) is 4.91. The Bertz CT molecular complexity index is 654. The van der Waals surface area contributed by atoms with E-state index in [2.05, 4.69) is 28.6 Å². The predicted molar refractivity (Wildman–Crippen MR) is 76.7 cm³/mol. The SMILES string of the molecule is NC(=O)Cc1ccc2[nH]cc(C3=CCNCC3)c2c1. The molecule has 4 nitrogen and oxygen atoms in total. The third kappa shape index (κ3) is 2.39. The van der Waals surface area contributed by atoms with Gasteiger partial charge in [0.1, 0.15) is 0 Å². The highest BCUT2D eigenvalue weighted by Gasteiger charge is 2.11. The standard InChI is InChI=1S/C15H17N3O/c16-15(19)8-10-1-2-14-12(7-10)13(9-18-14)11-3-5-17-6-4-11/h1-3,7,9,17-18H,4-6,8H2,(H2,16,19). The molecule has 2 heterocycles. The van der Waals surface area contributed by atoms with Crippen molar-refractivity contribution in [3.05, 3.63) is 41.6 Å². The Hall–Kier alpha value is -2.07. The van der Waals surface area contributed by atoms with E-state index in [0.29, 0.717) is 6.42 Å². The van der Waals surface area contributed by atoms with E-state index in [1.807, 2.05) is 12.1 Å².